The molecule has 0 radical (unpaired) electrons. The molecule has 1 aliphatic rings. The molecular weight excluding hydrogens is 284 g/mol. The first kappa shape index (κ1) is 18.5. The summed E-state index contributed by atoms with van der Waals surface area (Å²) >= 11 is 0. The highest BCUT2D eigenvalue weighted by atomic mass is 16.4. The minimum absolute atomic E-state index is 0.0114. The van der Waals surface area contributed by atoms with E-state index in [9.17, 15) is 14.4 Å². The van der Waals surface area contributed by atoms with E-state index in [1.54, 1.807) is 18.7 Å². The number of carboxylic acids is 1. The van der Waals surface area contributed by atoms with Crippen molar-refractivity contribution in [3.63, 3.8) is 0 Å². The van der Waals surface area contributed by atoms with E-state index in [0.29, 0.717) is 19.4 Å². The number of hydrogen-bond donors (Lipinski definition) is 2. The number of hydrogen-bond acceptors (Lipinski definition) is 3. The second kappa shape index (κ2) is 6.67. The number of likely N-dealkylation sites (tertiary alicyclic amines) is 1. The Morgan fingerprint density at radius 2 is 1.77 bits per heavy atom. The van der Waals surface area contributed by atoms with Gasteiger partial charge in [0.15, 0.2) is 0 Å². The Morgan fingerprint density at radius 1 is 1.18 bits per heavy atom. The van der Waals surface area contributed by atoms with Crippen molar-refractivity contribution in [1.82, 2.24) is 10.2 Å². The number of nitrogens with one attached hydrogen (secondary N) is 1. The Balaban J connectivity index is 2.64. The van der Waals surface area contributed by atoms with Gasteiger partial charge < -0.3 is 15.3 Å². The van der Waals surface area contributed by atoms with Gasteiger partial charge >= 0.3 is 5.97 Å². The van der Waals surface area contributed by atoms with E-state index < -0.39 is 17.4 Å². The van der Waals surface area contributed by atoms with Gasteiger partial charge in [0.1, 0.15) is 6.04 Å². The largest absolute Gasteiger partial charge is 0.481 e. The van der Waals surface area contributed by atoms with Crippen LogP contribution in [0.3, 0.4) is 0 Å². The Hall–Kier alpha value is -1.59. The molecule has 22 heavy (non-hydrogen) atoms. The standard InChI is InChI=1S/C16H28N2O4/c1-15(2,3)9-12(19)18-8-6-7-11(18)13(20)17-10-16(4,5)14(21)22/h11H,6-10H2,1-5H3,(H,17,20)(H,21,22). The first-order chi connectivity index (χ1) is 9.94. The number of carbonyl (C=O) groups excluding carboxylic acids is 2. The molecular formula is C16H28N2O4. The van der Waals surface area contributed by atoms with Crippen molar-refractivity contribution in [1.29, 1.82) is 0 Å². The van der Waals surface area contributed by atoms with Crippen LogP contribution in [0.4, 0.5) is 0 Å². The summed E-state index contributed by atoms with van der Waals surface area (Å²) in [6.45, 7) is 9.75. The minimum Gasteiger partial charge on any atom is -0.481 e. The van der Waals surface area contributed by atoms with Crippen LogP contribution in [0.15, 0.2) is 0 Å². The van der Waals surface area contributed by atoms with Crippen molar-refractivity contribution in [2.45, 2.75) is 59.9 Å². The fourth-order valence-corrected chi connectivity index (χ4v) is 2.39. The first-order valence-corrected chi connectivity index (χ1v) is 7.75. The van der Waals surface area contributed by atoms with E-state index >= 15 is 0 Å². The number of rotatable bonds is 5. The summed E-state index contributed by atoms with van der Waals surface area (Å²) < 4.78 is 0. The number of carbonyl (C=O) groups is 3. The van der Waals surface area contributed by atoms with Crippen molar-refractivity contribution in [3.8, 4) is 0 Å². The van der Waals surface area contributed by atoms with Crippen LogP contribution in [-0.4, -0.2) is 46.9 Å². The van der Waals surface area contributed by atoms with Crippen LogP contribution in [-0.2, 0) is 14.4 Å². The molecule has 0 aliphatic carbocycles. The molecule has 0 bridgehead atoms. The van der Waals surface area contributed by atoms with Crippen molar-refractivity contribution in [3.05, 3.63) is 0 Å². The average molecular weight is 312 g/mol. The highest BCUT2D eigenvalue weighted by Crippen LogP contribution is 2.25. The molecule has 0 aromatic heterocycles. The smallest absolute Gasteiger partial charge is 0.310 e. The highest BCUT2D eigenvalue weighted by Gasteiger charge is 2.36. The molecule has 126 valence electrons. The average Bonchev–Trinajstić information content (AvgIpc) is 2.83. The molecule has 1 saturated heterocycles. The maximum atomic E-state index is 12.3. The summed E-state index contributed by atoms with van der Waals surface area (Å²) in [6, 6.07) is -0.473. The Kier molecular flexibility index (Phi) is 5.59. The molecule has 1 heterocycles. The first-order valence-electron chi connectivity index (χ1n) is 7.75. The lowest BCUT2D eigenvalue weighted by Gasteiger charge is -2.28. The summed E-state index contributed by atoms with van der Waals surface area (Å²) in [6.07, 6.45) is 1.84. The number of nitrogens with zero attached hydrogens (tertiary/aromatic N) is 1. The SMILES string of the molecule is CC(C)(C)CC(=O)N1CCCC1C(=O)NCC(C)(C)C(=O)O. The molecule has 1 atom stereocenters. The van der Waals surface area contributed by atoms with Crippen LogP contribution in [0.1, 0.15) is 53.9 Å². The van der Waals surface area contributed by atoms with Gasteiger partial charge in [-0.25, -0.2) is 0 Å². The molecule has 1 unspecified atom stereocenters. The Bertz CT molecular complexity index is 452. The third-order valence-corrected chi connectivity index (χ3v) is 3.84. The van der Waals surface area contributed by atoms with E-state index in [2.05, 4.69) is 5.32 Å². The molecule has 0 spiro atoms. The number of amides is 2. The third-order valence-electron chi connectivity index (χ3n) is 3.84. The predicted octanol–water partition coefficient (Wildman–Crippen LogP) is 1.64. The van der Waals surface area contributed by atoms with Crippen molar-refractivity contribution in [2.24, 2.45) is 10.8 Å². The van der Waals surface area contributed by atoms with Gasteiger partial charge in [0.05, 0.1) is 5.41 Å². The van der Waals surface area contributed by atoms with Gasteiger partial charge in [0.25, 0.3) is 0 Å². The molecule has 1 aliphatic heterocycles. The van der Waals surface area contributed by atoms with Gasteiger partial charge in [-0.05, 0) is 32.1 Å². The maximum absolute atomic E-state index is 12.3. The van der Waals surface area contributed by atoms with Crippen molar-refractivity contribution < 1.29 is 19.5 Å². The van der Waals surface area contributed by atoms with Crippen LogP contribution in [0.5, 0.6) is 0 Å². The zero-order valence-corrected chi connectivity index (χ0v) is 14.2. The lowest BCUT2D eigenvalue weighted by atomic mass is 9.91. The fraction of sp³-hybridized carbons (Fsp3) is 0.812. The van der Waals surface area contributed by atoms with Crippen LogP contribution >= 0.6 is 0 Å². The second-order valence-corrected chi connectivity index (χ2v) is 7.89. The Labute approximate surface area is 132 Å². The summed E-state index contributed by atoms with van der Waals surface area (Å²) in [7, 11) is 0. The van der Waals surface area contributed by atoms with E-state index in [4.69, 9.17) is 5.11 Å². The zero-order chi connectivity index (χ0) is 17.1. The molecule has 1 fully saturated rings. The van der Waals surface area contributed by atoms with Gasteiger partial charge in [-0.1, -0.05) is 20.8 Å². The van der Waals surface area contributed by atoms with E-state index in [1.165, 1.54) is 0 Å². The summed E-state index contributed by atoms with van der Waals surface area (Å²) in [4.78, 5) is 37.3. The van der Waals surface area contributed by atoms with Crippen LogP contribution in [0.2, 0.25) is 0 Å². The molecule has 2 N–H and O–H groups in total. The van der Waals surface area contributed by atoms with Crippen LogP contribution < -0.4 is 5.32 Å². The Morgan fingerprint density at radius 3 is 2.27 bits per heavy atom. The van der Waals surface area contributed by atoms with E-state index in [0.717, 1.165) is 6.42 Å². The van der Waals surface area contributed by atoms with E-state index in [-0.39, 0.29) is 23.8 Å². The normalized spacial score (nSPS) is 19.1. The van der Waals surface area contributed by atoms with Crippen LogP contribution in [0, 0.1) is 10.8 Å². The summed E-state index contributed by atoms with van der Waals surface area (Å²) in [5.74, 6) is -1.23. The van der Waals surface area contributed by atoms with Crippen molar-refractivity contribution >= 4 is 17.8 Å². The molecule has 2 amide bonds. The quantitative estimate of drug-likeness (QED) is 0.808. The van der Waals surface area contributed by atoms with Gasteiger partial charge in [-0.2, -0.15) is 0 Å². The third kappa shape index (κ3) is 5.00. The lowest BCUT2D eigenvalue weighted by Crippen LogP contribution is -2.49. The topological polar surface area (TPSA) is 86.7 Å². The number of carboxylic acid groups (broad SMARTS) is 1. The maximum Gasteiger partial charge on any atom is 0.310 e. The summed E-state index contributed by atoms with van der Waals surface area (Å²) in [5.41, 5.74) is -1.14. The highest BCUT2D eigenvalue weighted by molar-refractivity contribution is 5.88. The van der Waals surface area contributed by atoms with Gasteiger partial charge in [-0.15, -0.1) is 0 Å². The van der Waals surface area contributed by atoms with Gasteiger partial charge in [0, 0.05) is 19.5 Å². The lowest BCUT2D eigenvalue weighted by molar-refractivity contribution is -0.147. The van der Waals surface area contributed by atoms with E-state index in [1.807, 2.05) is 20.8 Å². The fourth-order valence-electron chi connectivity index (χ4n) is 2.39. The minimum atomic E-state index is -1.02. The number of aliphatic carboxylic acids is 1. The predicted molar refractivity (Wildman–Crippen MR) is 83.2 cm³/mol. The second-order valence-electron chi connectivity index (χ2n) is 7.89. The monoisotopic (exact) mass is 312 g/mol. The molecule has 6 heteroatoms. The molecule has 0 aromatic carbocycles. The summed E-state index contributed by atoms with van der Waals surface area (Å²) in [5, 5.41) is 11.8. The molecule has 1 rings (SSSR count). The molecule has 6 nitrogen and oxygen atoms in total. The molecule has 0 aromatic rings. The van der Waals surface area contributed by atoms with Gasteiger partial charge in [0.2, 0.25) is 11.8 Å². The molecule has 0 saturated carbocycles. The van der Waals surface area contributed by atoms with Gasteiger partial charge in [-0.3, -0.25) is 14.4 Å². The van der Waals surface area contributed by atoms with Crippen molar-refractivity contribution in [2.75, 3.05) is 13.1 Å². The van der Waals surface area contributed by atoms with Crippen LogP contribution in [0.25, 0.3) is 0 Å². The zero-order valence-electron chi connectivity index (χ0n) is 14.2.